The number of nitrogens with zero attached hydrogens (tertiary/aromatic N) is 2. The Bertz CT molecular complexity index is 4010. The molecule has 2 heteroatoms. The van der Waals surface area contributed by atoms with E-state index in [4.69, 9.17) is 0 Å². The molecule has 76 heavy (non-hydrogen) atoms. The van der Waals surface area contributed by atoms with Crippen LogP contribution in [0.3, 0.4) is 0 Å². The molecule has 0 fully saturated rings. The number of rotatable bonds is 8. The Morgan fingerprint density at radius 3 is 0.750 bits per heavy atom. The Hall–Kier alpha value is -9.76. The van der Waals surface area contributed by atoms with Gasteiger partial charge in [0.25, 0.3) is 0 Å². The maximum Gasteiger partial charge on any atom is 0.0720 e. The molecule has 0 unspecified atom stereocenters. The summed E-state index contributed by atoms with van der Waals surface area (Å²) < 4.78 is 0. The molecule has 0 saturated carbocycles. The van der Waals surface area contributed by atoms with E-state index in [0.29, 0.717) is 0 Å². The molecule has 3 aliphatic carbocycles. The highest BCUT2D eigenvalue weighted by atomic mass is 15.1. The minimum Gasteiger partial charge on any atom is -0.311 e. The van der Waals surface area contributed by atoms with Crippen molar-refractivity contribution in [3.8, 4) is 44.5 Å². The first kappa shape index (κ1) is 43.8. The van der Waals surface area contributed by atoms with Gasteiger partial charge in [-0.1, -0.05) is 224 Å². The predicted octanol–water partition coefficient (Wildman–Crippen LogP) is 19.0. The van der Waals surface area contributed by atoms with Crippen molar-refractivity contribution in [3.05, 3.63) is 348 Å². The van der Waals surface area contributed by atoms with Crippen molar-refractivity contribution in [2.75, 3.05) is 9.80 Å². The van der Waals surface area contributed by atoms with E-state index in [9.17, 15) is 0 Å². The number of hydrogen-bond donors (Lipinski definition) is 0. The summed E-state index contributed by atoms with van der Waals surface area (Å²) in [5.74, 6) is 0. The molecule has 0 N–H and O–H groups in total. The molecule has 0 heterocycles. The molecular weight excluding hydrogens is 917 g/mol. The largest absolute Gasteiger partial charge is 0.311 e. The summed E-state index contributed by atoms with van der Waals surface area (Å²) in [5, 5.41) is 0. The predicted molar refractivity (Wildman–Crippen MR) is 315 cm³/mol. The Balaban J connectivity index is 0.807. The van der Waals surface area contributed by atoms with Crippen LogP contribution in [0.25, 0.3) is 44.5 Å². The molecule has 0 saturated heterocycles. The zero-order valence-electron chi connectivity index (χ0n) is 41.8. The molecule has 2 spiro atoms. The number of fused-ring (bicyclic) bond motifs is 16. The molecule has 3 aliphatic rings. The average Bonchev–Trinajstić information content (AvgIpc) is 4.10. The van der Waals surface area contributed by atoms with Crippen LogP contribution in [0.1, 0.15) is 44.5 Å². The summed E-state index contributed by atoms with van der Waals surface area (Å²) in [7, 11) is 0. The molecule has 356 valence electrons. The molecule has 0 amide bonds. The zero-order valence-corrected chi connectivity index (χ0v) is 41.8. The van der Waals surface area contributed by atoms with E-state index in [1.165, 1.54) is 83.5 Å². The fourth-order valence-electron chi connectivity index (χ4n) is 13.5. The third-order valence-electron chi connectivity index (χ3n) is 16.6. The number of para-hydroxylation sites is 3. The standard InChI is InChI=1S/C74H50N2/c1-4-20-55(21-5-1)75(56-22-6-2-7-23-56)58-43-36-51(37-44-58)52-38-45-59(46-39-52)76(57-24-8-3-9-25-57)60-47-40-53(41-48-60)54-42-49-64-63-28-12-15-31-67(63)74(72(64)50-54)70-34-18-16-32-68(70)73(69-33-17-19-35-71(69)74)65-29-13-10-26-61(65)62-27-11-14-30-66(62)73/h1-50H. The molecule has 0 aromatic heterocycles. The van der Waals surface area contributed by atoms with E-state index in [2.05, 4.69) is 313 Å². The molecule has 12 aromatic carbocycles. The maximum atomic E-state index is 2.51. The summed E-state index contributed by atoms with van der Waals surface area (Å²) in [6.07, 6.45) is 0. The van der Waals surface area contributed by atoms with Gasteiger partial charge in [0.2, 0.25) is 0 Å². The van der Waals surface area contributed by atoms with Crippen molar-refractivity contribution in [2.24, 2.45) is 0 Å². The van der Waals surface area contributed by atoms with Gasteiger partial charge in [0.15, 0.2) is 0 Å². The van der Waals surface area contributed by atoms with E-state index < -0.39 is 10.8 Å². The fourth-order valence-corrected chi connectivity index (χ4v) is 13.5. The van der Waals surface area contributed by atoms with E-state index in [0.717, 1.165) is 39.7 Å². The first-order valence-corrected chi connectivity index (χ1v) is 26.4. The van der Waals surface area contributed by atoms with Crippen molar-refractivity contribution >= 4 is 34.1 Å². The smallest absolute Gasteiger partial charge is 0.0720 e. The van der Waals surface area contributed by atoms with Crippen LogP contribution in [0.4, 0.5) is 34.1 Å². The third-order valence-corrected chi connectivity index (χ3v) is 16.6. The topological polar surface area (TPSA) is 6.48 Å². The van der Waals surface area contributed by atoms with Crippen LogP contribution < -0.4 is 9.80 Å². The van der Waals surface area contributed by atoms with E-state index in [-0.39, 0.29) is 0 Å². The maximum absolute atomic E-state index is 2.51. The van der Waals surface area contributed by atoms with Crippen LogP contribution in [0.5, 0.6) is 0 Å². The SMILES string of the molecule is c1ccc(N(c2ccccc2)c2ccc(-c3ccc(N(c4ccccc4)c4ccc(-c5ccc6c(c5)C5(c7ccccc7-6)c6ccccc6C6(c7ccccc7-c7ccccc76)c6ccccc65)cc4)cc3)cc2)cc1. The Kier molecular flexibility index (Phi) is 10.0. The Labute approximate surface area is 444 Å². The van der Waals surface area contributed by atoms with Crippen molar-refractivity contribution < 1.29 is 0 Å². The zero-order chi connectivity index (χ0) is 50.2. The molecule has 0 aliphatic heterocycles. The summed E-state index contributed by atoms with van der Waals surface area (Å²) in [6.45, 7) is 0. The average molecular weight is 967 g/mol. The van der Waals surface area contributed by atoms with Crippen LogP contribution in [0.2, 0.25) is 0 Å². The fraction of sp³-hybridized carbons (Fsp3) is 0.0270. The molecule has 0 atom stereocenters. The van der Waals surface area contributed by atoms with Crippen molar-refractivity contribution in [1.29, 1.82) is 0 Å². The van der Waals surface area contributed by atoms with Crippen molar-refractivity contribution in [3.63, 3.8) is 0 Å². The molecule has 0 radical (unpaired) electrons. The summed E-state index contributed by atoms with van der Waals surface area (Å²) in [6, 6.07) is 112. The van der Waals surface area contributed by atoms with Gasteiger partial charge in [0.05, 0.1) is 10.8 Å². The van der Waals surface area contributed by atoms with Crippen LogP contribution in [-0.2, 0) is 10.8 Å². The van der Waals surface area contributed by atoms with Gasteiger partial charge in [-0.25, -0.2) is 0 Å². The monoisotopic (exact) mass is 966 g/mol. The minimum atomic E-state index is -0.546. The van der Waals surface area contributed by atoms with Gasteiger partial charge in [-0.3, -0.25) is 0 Å². The van der Waals surface area contributed by atoms with Gasteiger partial charge >= 0.3 is 0 Å². The van der Waals surface area contributed by atoms with Crippen molar-refractivity contribution in [1.82, 2.24) is 0 Å². The summed E-state index contributed by atoms with van der Waals surface area (Å²) in [4.78, 5) is 4.65. The van der Waals surface area contributed by atoms with Gasteiger partial charge in [-0.05, 0) is 168 Å². The van der Waals surface area contributed by atoms with Crippen LogP contribution in [0.15, 0.2) is 303 Å². The third kappa shape index (κ3) is 6.41. The number of hydrogen-bond acceptors (Lipinski definition) is 2. The van der Waals surface area contributed by atoms with Gasteiger partial charge in [0, 0.05) is 34.1 Å². The lowest BCUT2D eigenvalue weighted by molar-refractivity contribution is 0.633. The highest BCUT2D eigenvalue weighted by Gasteiger charge is 2.58. The quantitative estimate of drug-likeness (QED) is 0.150. The van der Waals surface area contributed by atoms with Crippen LogP contribution >= 0.6 is 0 Å². The highest BCUT2D eigenvalue weighted by molar-refractivity contribution is 5.95. The van der Waals surface area contributed by atoms with Gasteiger partial charge in [-0.15, -0.1) is 0 Å². The van der Waals surface area contributed by atoms with E-state index in [1.807, 2.05) is 0 Å². The second-order valence-corrected chi connectivity index (χ2v) is 20.3. The summed E-state index contributed by atoms with van der Waals surface area (Å²) in [5.41, 5.74) is 26.3. The first-order valence-electron chi connectivity index (χ1n) is 26.4. The second kappa shape index (κ2) is 17.4. The normalized spacial score (nSPS) is 13.5. The lowest BCUT2D eigenvalue weighted by Gasteiger charge is -2.48. The Morgan fingerprint density at radius 1 is 0.171 bits per heavy atom. The number of anilines is 6. The van der Waals surface area contributed by atoms with Crippen LogP contribution in [-0.4, -0.2) is 0 Å². The molecular formula is C74H50N2. The first-order chi connectivity index (χ1) is 37.7. The molecule has 12 aromatic rings. The molecule has 2 nitrogen and oxygen atoms in total. The summed E-state index contributed by atoms with van der Waals surface area (Å²) >= 11 is 0. The second-order valence-electron chi connectivity index (χ2n) is 20.3. The highest BCUT2D eigenvalue weighted by Crippen LogP contribution is 2.67. The minimum absolute atomic E-state index is 0.471. The van der Waals surface area contributed by atoms with E-state index in [1.54, 1.807) is 0 Å². The number of benzene rings is 12. The van der Waals surface area contributed by atoms with Gasteiger partial charge < -0.3 is 9.80 Å². The Morgan fingerprint density at radius 2 is 0.408 bits per heavy atom. The van der Waals surface area contributed by atoms with Crippen LogP contribution in [0, 0.1) is 0 Å². The van der Waals surface area contributed by atoms with Gasteiger partial charge in [0.1, 0.15) is 0 Å². The molecule has 0 bridgehead atoms. The van der Waals surface area contributed by atoms with Gasteiger partial charge in [-0.2, -0.15) is 0 Å². The lowest BCUT2D eigenvalue weighted by atomic mass is 9.52. The lowest BCUT2D eigenvalue weighted by Crippen LogP contribution is -2.43. The molecule has 15 rings (SSSR count). The van der Waals surface area contributed by atoms with Crippen molar-refractivity contribution in [2.45, 2.75) is 10.8 Å². The van der Waals surface area contributed by atoms with E-state index >= 15 is 0 Å².